The van der Waals surface area contributed by atoms with Crippen LogP contribution in [0.2, 0.25) is 5.02 Å². The molecule has 3 aliphatic rings. The number of hydrogen-bond donors (Lipinski definition) is 0. The predicted octanol–water partition coefficient (Wildman–Crippen LogP) is 3.77. The molecule has 4 rings (SSSR count). The van der Waals surface area contributed by atoms with Crippen LogP contribution in [0.1, 0.15) is 44.1 Å². The van der Waals surface area contributed by atoms with E-state index in [0.29, 0.717) is 42.8 Å². The zero-order valence-electron chi connectivity index (χ0n) is 17.3. The van der Waals surface area contributed by atoms with Gasteiger partial charge in [-0.2, -0.15) is 0 Å². The van der Waals surface area contributed by atoms with E-state index in [1.165, 1.54) is 12.8 Å². The lowest BCUT2D eigenvalue weighted by Gasteiger charge is -2.33. The highest BCUT2D eigenvalue weighted by Crippen LogP contribution is 2.38. The first-order valence-corrected chi connectivity index (χ1v) is 11.3. The molecule has 0 saturated carbocycles. The molecule has 2 saturated heterocycles. The van der Waals surface area contributed by atoms with Gasteiger partial charge in [0.15, 0.2) is 11.5 Å². The van der Waals surface area contributed by atoms with Crippen LogP contribution in [-0.4, -0.2) is 61.0 Å². The van der Waals surface area contributed by atoms with Crippen LogP contribution in [0, 0.1) is 5.92 Å². The third kappa shape index (κ3) is 4.91. The van der Waals surface area contributed by atoms with Crippen molar-refractivity contribution in [3.63, 3.8) is 0 Å². The molecular weight excluding hydrogens is 404 g/mol. The molecule has 6 nitrogen and oxygen atoms in total. The van der Waals surface area contributed by atoms with Crippen LogP contribution in [0.15, 0.2) is 18.2 Å². The summed E-state index contributed by atoms with van der Waals surface area (Å²) in [5.41, 5.74) is 0.795. The zero-order chi connectivity index (χ0) is 20.9. The summed E-state index contributed by atoms with van der Waals surface area (Å²) in [6.07, 6.45) is 9.46. The molecule has 0 N–H and O–H groups in total. The van der Waals surface area contributed by atoms with Gasteiger partial charge < -0.3 is 19.3 Å². The second-order valence-electron chi connectivity index (χ2n) is 8.20. The number of carbonyl (C=O) groups is 2. The van der Waals surface area contributed by atoms with E-state index in [2.05, 4.69) is 0 Å². The normalized spacial score (nSPS) is 20.3. The highest BCUT2D eigenvalue weighted by Gasteiger charge is 2.30. The van der Waals surface area contributed by atoms with Crippen molar-refractivity contribution in [1.29, 1.82) is 0 Å². The topological polar surface area (TPSA) is 59.1 Å². The summed E-state index contributed by atoms with van der Waals surface area (Å²) < 4.78 is 11.1. The fourth-order valence-corrected chi connectivity index (χ4v) is 4.67. The second kappa shape index (κ2) is 9.73. The molecule has 2 fully saturated rings. The van der Waals surface area contributed by atoms with Crippen LogP contribution in [0.25, 0.3) is 6.08 Å². The molecule has 0 radical (unpaired) electrons. The maximum absolute atomic E-state index is 12.8. The lowest BCUT2D eigenvalue weighted by Crippen LogP contribution is -2.44. The molecule has 30 heavy (non-hydrogen) atoms. The molecule has 0 aliphatic carbocycles. The minimum absolute atomic E-state index is 0.0401. The number of halogens is 1. The monoisotopic (exact) mass is 432 g/mol. The van der Waals surface area contributed by atoms with E-state index in [0.717, 1.165) is 44.3 Å². The van der Waals surface area contributed by atoms with E-state index in [9.17, 15) is 9.59 Å². The summed E-state index contributed by atoms with van der Waals surface area (Å²) >= 11 is 6.26. The van der Waals surface area contributed by atoms with Gasteiger partial charge in [0.1, 0.15) is 13.2 Å². The number of likely N-dealkylation sites (tertiary alicyclic amines) is 2. The summed E-state index contributed by atoms with van der Waals surface area (Å²) in [6, 6.07) is 3.60. The van der Waals surface area contributed by atoms with Gasteiger partial charge in [0, 0.05) is 38.2 Å². The smallest absolute Gasteiger partial charge is 0.246 e. The highest BCUT2D eigenvalue weighted by molar-refractivity contribution is 6.32. The van der Waals surface area contributed by atoms with Gasteiger partial charge in [-0.05, 0) is 49.5 Å². The fraction of sp³-hybridized carbons (Fsp3) is 0.565. The van der Waals surface area contributed by atoms with Crippen molar-refractivity contribution >= 4 is 29.5 Å². The lowest BCUT2D eigenvalue weighted by molar-refractivity contribution is -0.139. The Labute approximate surface area is 182 Å². The Kier molecular flexibility index (Phi) is 6.82. The molecule has 3 aliphatic heterocycles. The Morgan fingerprint density at radius 3 is 2.37 bits per heavy atom. The average Bonchev–Trinajstić information content (AvgIpc) is 3.07. The third-order valence-corrected chi connectivity index (χ3v) is 6.39. The fourth-order valence-electron chi connectivity index (χ4n) is 4.40. The molecule has 2 amide bonds. The molecule has 7 heteroatoms. The molecule has 0 unspecified atom stereocenters. The number of carbonyl (C=O) groups excluding carboxylic acids is 2. The van der Waals surface area contributed by atoms with Gasteiger partial charge >= 0.3 is 0 Å². The standard InChI is InChI=1S/C23H29ClN2O4/c24-19-15-17(16-20-22(19)30-14-13-29-20)5-6-21(27)25-11-7-18(8-12-25)23(28)26-9-3-1-2-4-10-26/h5-6,15-16,18H,1-4,7-14H2. The van der Waals surface area contributed by atoms with Crippen molar-refractivity contribution in [3.05, 3.63) is 28.8 Å². The van der Waals surface area contributed by atoms with Crippen LogP contribution in [0.5, 0.6) is 11.5 Å². The average molecular weight is 433 g/mol. The Balaban J connectivity index is 1.31. The van der Waals surface area contributed by atoms with E-state index in [1.807, 2.05) is 15.9 Å². The number of rotatable bonds is 3. The van der Waals surface area contributed by atoms with Crippen molar-refractivity contribution in [3.8, 4) is 11.5 Å². The summed E-state index contributed by atoms with van der Waals surface area (Å²) in [5.74, 6) is 1.45. The zero-order valence-corrected chi connectivity index (χ0v) is 18.0. The maximum atomic E-state index is 12.8. The quantitative estimate of drug-likeness (QED) is 0.682. The molecule has 1 aromatic rings. The Morgan fingerprint density at radius 1 is 0.933 bits per heavy atom. The number of nitrogens with zero attached hydrogens (tertiary/aromatic N) is 2. The molecule has 0 spiro atoms. The Bertz CT molecular complexity index is 810. The number of benzene rings is 1. The van der Waals surface area contributed by atoms with Crippen LogP contribution < -0.4 is 9.47 Å². The second-order valence-corrected chi connectivity index (χ2v) is 8.61. The van der Waals surface area contributed by atoms with E-state index in [4.69, 9.17) is 21.1 Å². The van der Waals surface area contributed by atoms with E-state index >= 15 is 0 Å². The van der Waals surface area contributed by atoms with Gasteiger partial charge in [-0.3, -0.25) is 9.59 Å². The first-order valence-electron chi connectivity index (χ1n) is 11.0. The van der Waals surface area contributed by atoms with Gasteiger partial charge in [0.25, 0.3) is 0 Å². The summed E-state index contributed by atoms with van der Waals surface area (Å²) in [7, 11) is 0. The first-order chi connectivity index (χ1) is 14.6. The number of hydrogen-bond acceptors (Lipinski definition) is 4. The number of fused-ring (bicyclic) bond motifs is 1. The van der Waals surface area contributed by atoms with Crippen LogP contribution >= 0.6 is 11.6 Å². The van der Waals surface area contributed by atoms with Crippen molar-refractivity contribution in [2.45, 2.75) is 38.5 Å². The lowest BCUT2D eigenvalue weighted by atomic mass is 9.95. The third-order valence-electron chi connectivity index (χ3n) is 6.11. The van der Waals surface area contributed by atoms with Crippen molar-refractivity contribution in [2.75, 3.05) is 39.4 Å². The maximum Gasteiger partial charge on any atom is 0.246 e. The van der Waals surface area contributed by atoms with Gasteiger partial charge in [-0.25, -0.2) is 0 Å². The summed E-state index contributed by atoms with van der Waals surface area (Å²) in [4.78, 5) is 29.3. The van der Waals surface area contributed by atoms with Gasteiger partial charge in [0.05, 0.1) is 5.02 Å². The summed E-state index contributed by atoms with van der Waals surface area (Å²) in [6.45, 7) is 3.99. The molecule has 3 heterocycles. The summed E-state index contributed by atoms with van der Waals surface area (Å²) in [5, 5.41) is 0.479. The van der Waals surface area contributed by atoms with Gasteiger partial charge in [0.2, 0.25) is 11.8 Å². The minimum atomic E-state index is -0.0401. The Morgan fingerprint density at radius 2 is 1.63 bits per heavy atom. The number of piperidine rings is 1. The number of amides is 2. The molecule has 162 valence electrons. The molecule has 1 aromatic carbocycles. The predicted molar refractivity (Wildman–Crippen MR) is 116 cm³/mol. The van der Waals surface area contributed by atoms with E-state index < -0.39 is 0 Å². The Hall–Kier alpha value is -2.21. The van der Waals surface area contributed by atoms with Crippen molar-refractivity contribution in [2.24, 2.45) is 5.92 Å². The van der Waals surface area contributed by atoms with Crippen molar-refractivity contribution < 1.29 is 19.1 Å². The molecular formula is C23H29ClN2O4. The largest absolute Gasteiger partial charge is 0.486 e. The van der Waals surface area contributed by atoms with Crippen LogP contribution in [0.4, 0.5) is 0 Å². The highest BCUT2D eigenvalue weighted by atomic mass is 35.5. The van der Waals surface area contributed by atoms with Crippen LogP contribution in [-0.2, 0) is 9.59 Å². The molecule has 0 atom stereocenters. The van der Waals surface area contributed by atoms with E-state index in [-0.39, 0.29) is 17.7 Å². The van der Waals surface area contributed by atoms with Gasteiger partial charge in [-0.15, -0.1) is 0 Å². The minimum Gasteiger partial charge on any atom is -0.486 e. The first kappa shape index (κ1) is 21.0. The molecule has 0 bridgehead atoms. The van der Waals surface area contributed by atoms with Crippen molar-refractivity contribution in [1.82, 2.24) is 9.80 Å². The molecule has 0 aromatic heterocycles. The van der Waals surface area contributed by atoms with Crippen LogP contribution in [0.3, 0.4) is 0 Å². The van der Waals surface area contributed by atoms with E-state index in [1.54, 1.807) is 18.2 Å². The SMILES string of the molecule is O=C(C=Cc1cc(Cl)c2c(c1)OCCO2)N1CCC(C(=O)N2CCCCCC2)CC1. The number of ether oxygens (including phenoxy) is 2. The van der Waals surface area contributed by atoms with Gasteiger partial charge in [-0.1, -0.05) is 24.4 Å².